The zero-order valence-electron chi connectivity index (χ0n) is 76.6. The quantitative estimate of drug-likeness (QED) is 0.0152. The van der Waals surface area contributed by atoms with Crippen LogP contribution in [-0.2, 0) is 182 Å². The highest BCUT2D eigenvalue weighted by Gasteiger charge is 2.23. The second-order valence-corrected chi connectivity index (χ2v) is 41.4. The lowest BCUT2D eigenvalue weighted by Crippen LogP contribution is -2.17. The molecular weight excluding hydrogens is 2140 g/mol. The summed E-state index contributed by atoms with van der Waals surface area (Å²) in [6, 6.07) is 33.4. The highest BCUT2D eigenvalue weighted by Crippen LogP contribution is 2.26. The highest BCUT2D eigenvalue weighted by molar-refractivity contribution is 7.87. The normalized spacial score (nSPS) is 11.2. The van der Waals surface area contributed by atoms with Crippen LogP contribution in [-0.4, -0.2) is 334 Å². The van der Waals surface area contributed by atoms with Crippen molar-refractivity contribution in [1.29, 1.82) is 0 Å². The average Bonchev–Trinajstić information content (AvgIpc) is 0.765. The van der Waals surface area contributed by atoms with Crippen molar-refractivity contribution in [3.05, 3.63) is 261 Å². The summed E-state index contributed by atoms with van der Waals surface area (Å²) in [5, 5.41) is 9.79. The first-order valence-electron chi connectivity index (χ1n) is 40.9. The van der Waals surface area contributed by atoms with Crippen molar-refractivity contribution in [2.45, 2.75) is 63.2 Å². The third-order valence-electron chi connectivity index (χ3n) is 17.5. The van der Waals surface area contributed by atoms with Crippen LogP contribution in [0.25, 0.3) is 0 Å². The molecule has 0 unspecified atom stereocenters. The Morgan fingerprint density at radius 2 is 0.571 bits per heavy atom. The van der Waals surface area contributed by atoms with Crippen LogP contribution in [0.15, 0.2) is 140 Å². The van der Waals surface area contributed by atoms with Crippen LogP contribution in [0, 0.1) is 11.6 Å². The summed E-state index contributed by atoms with van der Waals surface area (Å²) in [5.74, 6) is -14.9. The summed E-state index contributed by atoms with van der Waals surface area (Å²) in [6.07, 6.45) is 1.60. The van der Waals surface area contributed by atoms with Crippen LogP contribution >= 0.6 is 23.2 Å². The smallest absolute Gasteiger partial charge is 0.341 e. The molecule has 0 atom stereocenters. The van der Waals surface area contributed by atoms with Crippen molar-refractivity contribution in [2.75, 3.05) is 110 Å². The number of phenolic OH excluding ortho intramolecular Hbond substituents is 1. The van der Waals surface area contributed by atoms with E-state index in [0.717, 1.165) is 29.3 Å². The molecule has 778 valence electrons. The monoisotopic (exact) mass is 2220 g/mol. The summed E-state index contributed by atoms with van der Waals surface area (Å²) in [4.78, 5) is 92.6. The molecule has 0 amide bonds. The van der Waals surface area contributed by atoms with Crippen LogP contribution in [0.2, 0.25) is 10.0 Å². The Labute approximate surface area is 869 Å². The molecule has 0 aliphatic carbocycles. The number of hydrogen-bond acceptors (Lipinski definition) is 43. The van der Waals surface area contributed by atoms with E-state index in [1.807, 2.05) is 0 Å². The molecule has 0 heterocycles. The molecule has 0 fully saturated rings. The van der Waals surface area contributed by atoms with E-state index in [4.69, 9.17) is 123 Å². The molecule has 0 bridgehead atoms. The van der Waals surface area contributed by atoms with Crippen molar-refractivity contribution in [3.63, 3.8) is 0 Å². The molecule has 0 aliphatic rings. The van der Waals surface area contributed by atoms with Crippen molar-refractivity contribution < 1.29 is 194 Å². The first kappa shape index (κ1) is 134. The van der Waals surface area contributed by atoms with Crippen molar-refractivity contribution in [3.8, 4) is 5.75 Å². The number of carbonyl (C=O) groups excluding carboxylic acids is 8. The first-order valence-corrected chi connectivity index (χ1v) is 54.3. The maximum atomic E-state index is 13.4. The number of carbonyl (C=O) groups is 8. The summed E-state index contributed by atoms with van der Waals surface area (Å²) in [5.41, 5.74) is 17.4. The van der Waals surface area contributed by atoms with Crippen LogP contribution < -0.4 is 11.5 Å². The molecule has 5 N–H and O–H groups in total. The van der Waals surface area contributed by atoms with E-state index in [9.17, 15) is 156 Å². The molecule has 20 radical (unpaired) electrons. The molecule has 147 heavy (non-hydrogen) atoms. The molecular formula is C82H80B10Cl2F2N2O41S8-8. The van der Waals surface area contributed by atoms with E-state index in [1.165, 1.54) is 84.9 Å². The lowest BCUT2D eigenvalue weighted by Gasteiger charge is -2.13. The van der Waals surface area contributed by atoms with Gasteiger partial charge in [0, 0.05) is 11.4 Å². The number of benzene rings is 8. The number of anilines is 2. The molecule has 0 saturated heterocycles. The van der Waals surface area contributed by atoms with Crippen molar-refractivity contribution in [1.82, 2.24) is 0 Å². The van der Waals surface area contributed by atoms with Crippen molar-refractivity contribution in [2.24, 2.45) is 0 Å². The van der Waals surface area contributed by atoms with E-state index < -0.39 is 239 Å². The Morgan fingerprint density at radius 3 is 0.952 bits per heavy atom. The molecule has 8 rings (SSSR count). The Hall–Kier alpha value is -10.7. The SMILES string of the molecule is [B]Cc1cc(C[B])c(N)c(C(=O)OCCS(=O)(=O)[O-])c1.[B]Cc1ccc(C(=O)OCCS(=O)(=O)[O-])c(Cl)c1.[B]Cc1ccc(C(=O)OCCS(=O)(=O)[O-])cc1O.[B]Cc1ccc(C[B])c(C(=O)OCCS(=O)(=O)[O-])c1.[B]Cc1ccc(Cl)c(C(=O)OCCS(=O)(=O)[O-])c1.[B]Cc1ccc(F)c(C(=O)OCCS(=O)(=O)[O-])c1.[B]Cc1ccc(N)c(C(=O)OCCS(=O)(=O)[O-])c1.[B]Cc1cccc(F)c1C(=O)OCCS(=O)(=O)[O-]. The van der Waals surface area contributed by atoms with Crippen LogP contribution in [0.4, 0.5) is 20.2 Å². The van der Waals surface area contributed by atoms with Crippen LogP contribution in [0.3, 0.4) is 0 Å². The van der Waals surface area contributed by atoms with Crippen LogP contribution in [0.5, 0.6) is 5.75 Å². The fourth-order valence-corrected chi connectivity index (χ4v) is 12.9. The fraction of sp³-hybridized carbons (Fsp3) is 0.317. The molecule has 8 aromatic carbocycles. The average molecular weight is 2220 g/mol. The van der Waals surface area contributed by atoms with Gasteiger partial charge in [-0.1, -0.05) is 180 Å². The van der Waals surface area contributed by atoms with Gasteiger partial charge in [0.1, 0.15) is 70.2 Å². The molecule has 0 saturated carbocycles. The van der Waals surface area contributed by atoms with Gasteiger partial charge in [0.15, 0.2) is 0 Å². The van der Waals surface area contributed by atoms with Gasteiger partial charge in [-0.25, -0.2) is 114 Å². The Bertz CT molecular complexity index is 6610. The number of phenols is 1. The zero-order valence-corrected chi connectivity index (χ0v) is 84.7. The molecule has 8 aromatic rings. The first-order chi connectivity index (χ1) is 68.2. The number of hydrogen-bond donors (Lipinski definition) is 3. The second kappa shape index (κ2) is 65.3. The van der Waals surface area contributed by atoms with E-state index in [2.05, 4.69) is 28.4 Å². The Kier molecular flexibility index (Phi) is 59.7. The minimum Gasteiger partial charge on any atom is -0.748 e. The predicted octanol–water partition coefficient (Wildman–Crippen LogP) is 0.249. The van der Waals surface area contributed by atoms with Gasteiger partial charge >= 0.3 is 47.8 Å². The zero-order chi connectivity index (χ0) is 112. The topological polar surface area (TPSA) is 740 Å². The number of esters is 8. The van der Waals surface area contributed by atoms with Gasteiger partial charge in [-0.2, -0.15) is 0 Å². The summed E-state index contributed by atoms with van der Waals surface area (Å²) in [7, 11) is 18.8. The number of ether oxygens (including phenoxy) is 8. The summed E-state index contributed by atoms with van der Waals surface area (Å²) < 4.78 is 312. The summed E-state index contributed by atoms with van der Waals surface area (Å²) in [6.45, 7) is -4.29. The maximum absolute atomic E-state index is 13.4. The molecule has 0 aliphatic heterocycles. The van der Waals surface area contributed by atoms with Gasteiger partial charge in [0.2, 0.25) is 0 Å². The van der Waals surface area contributed by atoms with E-state index >= 15 is 0 Å². The number of rotatable bonds is 42. The molecule has 43 nitrogen and oxygen atoms in total. The number of aromatic hydroxyl groups is 1. The number of halogens is 4. The van der Waals surface area contributed by atoms with Gasteiger partial charge in [0.05, 0.1) is 260 Å². The lowest BCUT2D eigenvalue weighted by molar-refractivity contribution is 0.0511. The highest BCUT2D eigenvalue weighted by atomic mass is 35.5. The maximum Gasteiger partial charge on any atom is 0.341 e. The second-order valence-electron chi connectivity index (χ2n) is 28.4. The molecule has 0 aromatic heterocycles. The van der Waals surface area contributed by atoms with Gasteiger partial charge < -0.3 is 90.9 Å². The lowest BCUT2D eigenvalue weighted by atomic mass is 9.88. The third-order valence-corrected chi connectivity index (χ3v) is 23.5. The van der Waals surface area contributed by atoms with Gasteiger partial charge in [-0.05, 0) is 101 Å². The van der Waals surface area contributed by atoms with Gasteiger partial charge in [-0.3, -0.25) is 0 Å². The van der Waals surface area contributed by atoms with Gasteiger partial charge in [0.25, 0.3) is 0 Å². The molecule has 0 spiro atoms. The van der Waals surface area contributed by atoms with Crippen molar-refractivity contribution >= 4 is 242 Å². The standard InChI is InChI=1S/C11H13B2NO5S.C11H12B2O5S.2C10H10BClO5S.2C10H10BFO5S.C10H12BNO5S.C10H11BO6S/c12-5-7-3-8(6-13)10(14)9(4-7)11(15)19-1-2-20(16,17)18;12-6-8-1-2-9(7-13)10(5-8)11(14)18-3-4-19(15,16)17;11-6-7-1-2-9(12)8(5-7)10(13)17-3-4-18(14,15)16;11-6-7-1-2-8(9(12)5-7)10(13)17-3-4-18(14,15)16;11-6-7-1-2-9(12)8(5-7)10(13)17-3-4-18(14,15)16;11-6-7-2-1-3-8(12)9(7)10(13)17-4-5-18(14,15)16;11-6-7-1-2-9(12)8(5-7)10(13)17-3-4-18(14,15)16;11-6-8-2-1-7(5-9(8)12)10(13)17-3-4-18(14,15)16/h3-4H,1-2,5-6,14H2,(H,16,17,18);1-2,5H,3-4,6-7H2,(H,15,16,17);3*1-2,5H,3-4,6H2,(H,14,15,16);1-3H,4-6H2,(H,14,15,16);1-2,5H,3-4,6,12H2,(H,14,15,16);1-2,5,12H,3-4,6H2,(H,14,15,16)/p-8. The number of nitrogens with two attached hydrogens (primary N) is 2. The largest absolute Gasteiger partial charge is 0.748 e. The van der Waals surface area contributed by atoms with E-state index in [0.29, 0.717) is 38.9 Å². The number of nitrogen functional groups attached to an aromatic ring is 2. The Morgan fingerprint density at radius 1 is 0.272 bits per heavy atom. The van der Waals surface area contributed by atoms with Crippen LogP contribution in [0.1, 0.15) is 138 Å². The third kappa shape index (κ3) is 57.0. The van der Waals surface area contributed by atoms with E-state index in [-0.39, 0.29) is 140 Å². The molecule has 65 heteroatoms. The predicted molar refractivity (Wildman–Crippen MR) is 525 cm³/mol. The van der Waals surface area contributed by atoms with E-state index in [1.54, 1.807) is 36.4 Å². The van der Waals surface area contributed by atoms with Gasteiger partial charge in [-0.15, -0.1) is 0 Å². The minimum absolute atomic E-state index is 0.0491. The minimum atomic E-state index is -4.47. The summed E-state index contributed by atoms with van der Waals surface area (Å²) >= 11 is 11.6. The Balaban J connectivity index is 0.000000840. The fourth-order valence-electron chi connectivity index (χ4n) is 10.2.